The van der Waals surface area contributed by atoms with E-state index >= 15 is 0 Å². The number of rotatable bonds is 5. The molecule has 5 heteroatoms. The van der Waals surface area contributed by atoms with Crippen LogP contribution in [0.5, 0.6) is 0 Å². The SMILES string of the molecule is CCC(Cc1c[nH]c2cc(F)ccc12)C(=N)C(=O)OC(C)(C)C. The number of aromatic nitrogens is 1. The second-order valence-electron chi connectivity index (χ2n) is 6.73. The summed E-state index contributed by atoms with van der Waals surface area (Å²) in [6, 6.07) is 4.58. The maximum absolute atomic E-state index is 13.3. The zero-order chi connectivity index (χ0) is 17.2. The van der Waals surface area contributed by atoms with Crippen molar-refractivity contribution in [2.75, 3.05) is 0 Å². The Morgan fingerprint density at radius 2 is 2.09 bits per heavy atom. The fourth-order valence-corrected chi connectivity index (χ4v) is 2.54. The first-order chi connectivity index (χ1) is 10.7. The number of aromatic amines is 1. The Balaban J connectivity index is 2.18. The minimum absolute atomic E-state index is 0.0149. The van der Waals surface area contributed by atoms with Crippen LogP contribution in [-0.2, 0) is 16.0 Å². The van der Waals surface area contributed by atoms with E-state index in [1.54, 1.807) is 26.8 Å². The van der Waals surface area contributed by atoms with Gasteiger partial charge in [-0.15, -0.1) is 0 Å². The van der Waals surface area contributed by atoms with Gasteiger partial charge in [0.25, 0.3) is 0 Å². The van der Waals surface area contributed by atoms with Gasteiger partial charge in [-0.1, -0.05) is 6.92 Å². The summed E-state index contributed by atoms with van der Waals surface area (Å²) >= 11 is 0. The van der Waals surface area contributed by atoms with Crippen LogP contribution in [0.25, 0.3) is 10.9 Å². The molecule has 4 nitrogen and oxygen atoms in total. The van der Waals surface area contributed by atoms with E-state index in [2.05, 4.69) is 4.98 Å². The molecule has 0 aliphatic carbocycles. The number of carbonyl (C=O) groups is 1. The van der Waals surface area contributed by atoms with Gasteiger partial charge >= 0.3 is 5.97 Å². The average Bonchev–Trinajstić information content (AvgIpc) is 2.84. The van der Waals surface area contributed by atoms with Crippen molar-refractivity contribution < 1.29 is 13.9 Å². The summed E-state index contributed by atoms with van der Waals surface area (Å²) in [5.41, 5.74) is 1.07. The number of ether oxygens (including phenoxy) is 1. The van der Waals surface area contributed by atoms with Crippen LogP contribution < -0.4 is 0 Å². The molecule has 23 heavy (non-hydrogen) atoms. The van der Waals surface area contributed by atoms with E-state index in [0.717, 1.165) is 16.5 Å². The Kier molecular flexibility index (Phi) is 4.88. The maximum Gasteiger partial charge on any atom is 0.352 e. The summed E-state index contributed by atoms with van der Waals surface area (Å²) in [5, 5.41) is 9.05. The predicted molar refractivity (Wildman–Crippen MR) is 89.3 cm³/mol. The highest BCUT2D eigenvalue weighted by Gasteiger charge is 2.26. The van der Waals surface area contributed by atoms with Crippen LogP contribution in [0.2, 0.25) is 0 Å². The lowest BCUT2D eigenvalue weighted by Crippen LogP contribution is -2.32. The normalized spacial score (nSPS) is 13.1. The van der Waals surface area contributed by atoms with E-state index in [4.69, 9.17) is 10.1 Å². The molecule has 1 heterocycles. The van der Waals surface area contributed by atoms with Crippen LogP contribution in [0.1, 0.15) is 39.7 Å². The number of hydrogen-bond acceptors (Lipinski definition) is 3. The van der Waals surface area contributed by atoms with Crippen molar-refractivity contribution in [2.45, 2.75) is 46.1 Å². The molecule has 1 aromatic carbocycles. The van der Waals surface area contributed by atoms with E-state index in [1.165, 1.54) is 12.1 Å². The highest BCUT2D eigenvalue weighted by atomic mass is 19.1. The number of hydrogen-bond donors (Lipinski definition) is 2. The van der Waals surface area contributed by atoms with E-state index in [0.29, 0.717) is 12.8 Å². The Morgan fingerprint density at radius 1 is 1.39 bits per heavy atom. The van der Waals surface area contributed by atoms with Crippen LogP contribution in [0.4, 0.5) is 4.39 Å². The van der Waals surface area contributed by atoms with E-state index in [9.17, 15) is 9.18 Å². The molecule has 124 valence electrons. The Labute approximate surface area is 135 Å². The molecule has 0 spiro atoms. The molecule has 0 fully saturated rings. The third-order valence-electron chi connectivity index (χ3n) is 3.72. The average molecular weight is 318 g/mol. The Bertz CT molecular complexity index is 728. The van der Waals surface area contributed by atoms with Crippen LogP contribution in [0.3, 0.4) is 0 Å². The molecular weight excluding hydrogens is 295 g/mol. The number of H-pyrrole nitrogens is 1. The zero-order valence-corrected chi connectivity index (χ0v) is 14.0. The first kappa shape index (κ1) is 17.2. The number of esters is 1. The summed E-state index contributed by atoms with van der Waals surface area (Å²) in [6.07, 6.45) is 3.02. The fraction of sp³-hybridized carbons (Fsp3) is 0.444. The van der Waals surface area contributed by atoms with Crippen molar-refractivity contribution in [2.24, 2.45) is 5.92 Å². The van der Waals surface area contributed by atoms with Gasteiger partial charge in [0.05, 0.1) is 0 Å². The Hall–Kier alpha value is -2.17. The maximum atomic E-state index is 13.3. The largest absolute Gasteiger partial charge is 0.455 e. The quantitative estimate of drug-likeness (QED) is 0.640. The molecule has 0 bridgehead atoms. The summed E-state index contributed by atoms with van der Waals surface area (Å²) in [5.74, 6) is -1.09. The standard InChI is InChI=1S/C18H23FN2O2/c1-5-11(16(20)17(22)23-18(2,3)4)8-12-10-21-15-9-13(19)6-7-14(12)15/h6-7,9-11,20-21H,5,8H2,1-4H3. The molecule has 0 saturated heterocycles. The van der Waals surface area contributed by atoms with Crippen molar-refractivity contribution in [1.29, 1.82) is 5.41 Å². The molecule has 0 amide bonds. The third-order valence-corrected chi connectivity index (χ3v) is 3.72. The second-order valence-corrected chi connectivity index (χ2v) is 6.73. The molecule has 0 saturated carbocycles. The molecule has 2 N–H and O–H groups in total. The number of benzene rings is 1. The highest BCUT2D eigenvalue weighted by Crippen LogP contribution is 2.24. The summed E-state index contributed by atoms with van der Waals surface area (Å²) in [6.45, 7) is 7.30. The van der Waals surface area contributed by atoms with Crippen LogP contribution in [0.15, 0.2) is 24.4 Å². The molecular formula is C18H23FN2O2. The van der Waals surface area contributed by atoms with Crippen molar-refractivity contribution in [3.63, 3.8) is 0 Å². The lowest BCUT2D eigenvalue weighted by atomic mass is 9.92. The summed E-state index contributed by atoms with van der Waals surface area (Å²) in [7, 11) is 0. The van der Waals surface area contributed by atoms with E-state index in [-0.39, 0.29) is 17.4 Å². The monoisotopic (exact) mass is 318 g/mol. The highest BCUT2D eigenvalue weighted by molar-refractivity contribution is 6.36. The van der Waals surface area contributed by atoms with Gasteiger partial charge in [0, 0.05) is 23.0 Å². The second kappa shape index (κ2) is 6.52. The minimum atomic E-state index is -0.611. The van der Waals surface area contributed by atoms with Crippen LogP contribution >= 0.6 is 0 Å². The molecule has 0 radical (unpaired) electrons. The van der Waals surface area contributed by atoms with E-state index < -0.39 is 11.6 Å². The van der Waals surface area contributed by atoms with Gasteiger partial charge in [0.1, 0.15) is 17.1 Å². The summed E-state index contributed by atoms with van der Waals surface area (Å²) in [4.78, 5) is 15.1. The minimum Gasteiger partial charge on any atom is -0.455 e. The van der Waals surface area contributed by atoms with Gasteiger partial charge in [-0.2, -0.15) is 0 Å². The molecule has 2 rings (SSSR count). The number of nitrogens with one attached hydrogen (secondary N) is 2. The zero-order valence-electron chi connectivity index (χ0n) is 14.0. The molecule has 1 atom stereocenters. The first-order valence-corrected chi connectivity index (χ1v) is 7.78. The van der Waals surface area contributed by atoms with Gasteiger partial charge in [-0.3, -0.25) is 5.41 Å². The number of halogens is 1. The Morgan fingerprint density at radius 3 is 2.70 bits per heavy atom. The number of carbonyl (C=O) groups excluding carboxylic acids is 1. The molecule has 0 aliphatic rings. The molecule has 1 aromatic heterocycles. The molecule has 2 aromatic rings. The van der Waals surface area contributed by atoms with Crippen molar-refractivity contribution in [1.82, 2.24) is 4.98 Å². The lowest BCUT2D eigenvalue weighted by molar-refractivity contribution is -0.146. The van der Waals surface area contributed by atoms with Crippen molar-refractivity contribution >= 4 is 22.6 Å². The third kappa shape index (κ3) is 4.18. The topological polar surface area (TPSA) is 65.9 Å². The smallest absolute Gasteiger partial charge is 0.352 e. The van der Waals surface area contributed by atoms with Gasteiger partial charge in [0.15, 0.2) is 0 Å². The first-order valence-electron chi connectivity index (χ1n) is 7.78. The van der Waals surface area contributed by atoms with Crippen LogP contribution in [-0.4, -0.2) is 22.3 Å². The molecule has 1 unspecified atom stereocenters. The van der Waals surface area contributed by atoms with E-state index in [1.807, 2.05) is 13.1 Å². The predicted octanol–water partition coefficient (Wildman–Crippen LogP) is 4.24. The number of fused-ring (bicyclic) bond motifs is 1. The van der Waals surface area contributed by atoms with Crippen molar-refractivity contribution in [3.05, 3.63) is 35.8 Å². The van der Waals surface area contributed by atoms with Gasteiger partial charge in [-0.25, -0.2) is 9.18 Å². The van der Waals surface area contributed by atoms with Crippen LogP contribution in [0, 0.1) is 17.1 Å². The molecule has 0 aliphatic heterocycles. The van der Waals surface area contributed by atoms with Gasteiger partial charge in [0.2, 0.25) is 0 Å². The van der Waals surface area contributed by atoms with Gasteiger partial charge in [-0.05, 0) is 57.4 Å². The fourth-order valence-electron chi connectivity index (χ4n) is 2.54. The van der Waals surface area contributed by atoms with Crippen molar-refractivity contribution in [3.8, 4) is 0 Å². The lowest BCUT2D eigenvalue weighted by Gasteiger charge is -2.22. The summed E-state index contributed by atoms with van der Waals surface area (Å²) < 4.78 is 18.5. The van der Waals surface area contributed by atoms with Gasteiger partial charge < -0.3 is 9.72 Å².